The number of esters is 1. The Morgan fingerprint density at radius 3 is 1.59 bits per heavy atom. The zero-order valence-corrected chi connectivity index (χ0v) is 9.97. The molecule has 0 aliphatic carbocycles. The van der Waals surface area contributed by atoms with Crippen molar-refractivity contribution in [2.75, 3.05) is 0 Å². The summed E-state index contributed by atoms with van der Waals surface area (Å²) in [4.78, 5) is 10.3. The highest BCUT2D eigenvalue weighted by Crippen LogP contribution is 2.55. The van der Waals surface area contributed by atoms with Crippen molar-refractivity contribution in [1.29, 1.82) is 0 Å². The van der Waals surface area contributed by atoms with Crippen LogP contribution in [0.3, 0.4) is 0 Å². The van der Waals surface area contributed by atoms with Crippen molar-refractivity contribution in [3.8, 4) is 0 Å². The van der Waals surface area contributed by atoms with Crippen LogP contribution in [0.1, 0.15) is 6.42 Å². The van der Waals surface area contributed by atoms with Crippen LogP contribution in [-0.4, -0.2) is 36.0 Å². The fourth-order valence-electron chi connectivity index (χ4n) is 1.01. The first-order valence-electron chi connectivity index (χ1n) is 4.85. The maximum Gasteiger partial charge on any atom is 0.473 e. The standard InChI is InChI=1S/C9H5F11O2/c1-2-4(21)22-9(19,20)8(17,18)7(15,16)5(10,11)3-6(12,13)14/h2H,1,3H2. The molecule has 0 aromatic rings. The maximum absolute atomic E-state index is 12.9. The van der Waals surface area contributed by atoms with Gasteiger partial charge in [0.25, 0.3) is 0 Å². The average molecular weight is 354 g/mol. The third-order valence-corrected chi connectivity index (χ3v) is 2.04. The van der Waals surface area contributed by atoms with E-state index in [9.17, 15) is 53.1 Å². The van der Waals surface area contributed by atoms with Gasteiger partial charge in [0.15, 0.2) is 0 Å². The molecule has 0 aliphatic rings. The molecule has 0 aromatic heterocycles. The molecule has 0 aromatic carbocycles. The SMILES string of the molecule is C=CC(=O)OC(F)(F)C(F)(F)C(F)(F)C(F)(F)CC(F)(F)F. The summed E-state index contributed by atoms with van der Waals surface area (Å²) in [7, 11) is 0. The Kier molecular flexibility index (Phi) is 5.18. The molecule has 0 N–H and O–H groups in total. The molecule has 0 saturated carbocycles. The van der Waals surface area contributed by atoms with E-state index in [0.29, 0.717) is 0 Å². The molecular weight excluding hydrogens is 349 g/mol. The Hall–Kier alpha value is -1.56. The van der Waals surface area contributed by atoms with Crippen LogP contribution in [0.15, 0.2) is 12.7 Å². The van der Waals surface area contributed by atoms with Gasteiger partial charge in [-0.3, -0.25) is 0 Å². The first kappa shape index (κ1) is 20.4. The van der Waals surface area contributed by atoms with E-state index in [1.807, 2.05) is 0 Å². The third-order valence-electron chi connectivity index (χ3n) is 2.04. The topological polar surface area (TPSA) is 26.3 Å². The molecule has 0 spiro atoms. The molecule has 0 rings (SSSR count). The number of carbonyl (C=O) groups excluding carboxylic acids is 1. The van der Waals surface area contributed by atoms with Gasteiger partial charge in [-0.2, -0.15) is 48.3 Å². The summed E-state index contributed by atoms with van der Waals surface area (Å²) in [6.45, 7) is 2.45. The molecule has 22 heavy (non-hydrogen) atoms. The molecule has 13 heteroatoms. The fraction of sp³-hybridized carbons (Fsp3) is 0.667. The molecule has 2 nitrogen and oxygen atoms in total. The lowest BCUT2D eigenvalue weighted by Crippen LogP contribution is -2.63. The average Bonchev–Trinajstić information content (AvgIpc) is 2.24. The smallest absolute Gasteiger partial charge is 0.393 e. The summed E-state index contributed by atoms with van der Waals surface area (Å²) in [5.74, 6) is -23.3. The molecule has 130 valence electrons. The molecule has 0 radical (unpaired) electrons. The largest absolute Gasteiger partial charge is 0.473 e. The number of rotatable bonds is 6. The quantitative estimate of drug-likeness (QED) is 0.407. The van der Waals surface area contributed by atoms with Crippen molar-refractivity contribution < 1.29 is 57.8 Å². The Balaban J connectivity index is 5.73. The first-order valence-corrected chi connectivity index (χ1v) is 4.85. The molecule has 0 unspecified atom stereocenters. The van der Waals surface area contributed by atoms with E-state index in [0.717, 1.165) is 0 Å². The van der Waals surface area contributed by atoms with Gasteiger partial charge in [-0.15, -0.1) is 0 Å². The molecule has 0 bridgehead atoms. The Morgan fingerprint density at radius 2 is 1.27 bits per heavy atom. The van der Waals surface area contributed by atoms with Crippen molar-refractivity contribution in [2.45, 2.75) is 36.5 Å². The van der Waals surface area contributed by atoms with E-state index >= 15 is 0 Å². The van der Waals surface area contributed by atoms with E-state index in [-0.39, 0.29) is 6.08 Å². The van der Waals surface area contributed by atoms with Gasteiger partial charge in [0.1, 0.15) is 6.42 Å². The van der Waals surface area contributed by atoms with Crippen molar-refractivity contribution in [3.05, 3.63) is 12.7 Å². The predicted octanol–water partition coefficient (Wildman–Crippen LogP) is 4.17. The number of ether oxygens (including phenoxy) is 1. The molecule has 0 saturated heterocycles. The van der Waals surface area contributed by atoms with E-state index < -0.39 is 42.4 Å². The lowest BCUT2D eigenvalue weighted by atomic mass is 10.0. The molecular formula is C9H5F11O2. The summed E-state index contributed by atoms with van der Waals surface area (Å²) >= 11 is 0. The second kappa shape index (κ2) is 5.57. The van der Waals surface area contributed by atoms with E-state index in [2.05, 4.69) is 11.3 Å². The van der Waals surface area contributed by atoms with Gasteiger partial charge in [0.05, 0.1) is 0 Å². The van der Waals surface area contributed by atoms with Crippen LogP contribution >= 0.6 is 0 Å². The maximum atomic E-state index is 12.9. The van der Waals surface area contributed by atoms with E-state index in [1.54, 1.807) is 0 Å². The second-order valence-electron chi connectivity index (χ2n) is 3.79. The second-order valence-corrected chi connectivity index (χ2v) is 3.79. The lowest BCUT2D eigenvalue weighted by Gasteiger charge is -2.35. The minimum absolute atomic E-state index is 0.185. The van der Waals surface area contributed by atoms with Gasteiger partial charge >= 0.3 is 36.0 Å². The van der Waals surface area contributed by atoms with Crippen LogP contribution in [0.25, 0.3) is 0 Å². The van der Waals surface area contributed by atoms with Gasteiger partial charge in [-0.1, -0.05) is 6.58 Å². The van der Waals surface area contributed by atoms with Gasteiger partial charge in [-0.05, 0) is 0 Å². The molecule has 0 aliphatic heterocycles. The minimum atomic E-state index is -7.18. The van der Waals surface area contributed by atoms with Crippen LogP contribution in [0.2, 0.25) is 0 Å². The Labute approximate surface area is 114 Å². The number of alkyl halides is 11. The van der Waals surface area contributed by atoms with Crippen molar-refractivity contribution in [1.82, 2.24) is 0 Å². The highest BCUT2D eigenvalue weighted by Gasteiger charge is 2.83. The lowest BCUT2D eigenvalue weighted by molar-refractivity contribution is -0.421. The molecule has 0 amide bonds. The van der Waals surface area contributed by atoms with E-state index in [1.165, 1.54) is 0 Å². The first-order chi connectivity index (χ1) is 9.41. The van der Waals surface area contributed by atoms with Gasteiger partial charge in [0.2, 0.25) is 0 Å². The highest BCUT2D eigenvalue weighted by atomic mass is 19.4. The summed E-state index contributed by atoms with van der Waals surface area (Å²) in [5, 5.41) is 0. The number of carbonyl (C=O) groups is 1. The minimum Gasteiger partial charge on any atom is -0.393 e. The molecule has 0 fully saturated rings. The number of hydrogen-bond donors (Lipinski definition) is 0. The van der Waals surface area contributed by atoms with Gasteiger partial charge in [-0.25, -0.2) is 4.79 Å². The zero-order valence-electron chi connectivity index (χ0n) is 9.97. The number of halogens is 11. The Morgan fingerprint density at radius 1 is 0.864 bits per heavy atom. The zero-order chi connectivity index (χ0) is 18.2. The van der Waals surface area contributed by atoms with Crippen molar-refractivity contribution >= 4 is 5.97 Å². The highest BCUT2D eigenvalue weighted by molar-refractivity contribution is 5.81. The fourth-order valence-corrected chi connectivity index (χ4v) is 1.01. The normalized spacial score (nSPS) is 14.7. The van der Waals surface area contributed by atoms with E-state index in [4.69, 9.17) is 0 Å². The Bertz CT molecular complexity index is 437. The van der Waals surface area contributed by atoms with Crippen molar-refractivity contribution in [2.24, 2.45) is 0 Å². The van der Waals surface area contributed by atoms with Crippen LogP contribution in [-0.2, 0) is 9.53 Å². The summed E-state index contributed by atoms with van der Waals surface area (Å²) in [6.07, 6.45) is -16.6. The summed E-state index contributed by atoms with van der Waals surface area (Å²) in [6, 6.07) is 0. The third kappa shape index (κ3) is 3.80. The monoisotopic (exact) mass is 354 g/mol. The van der Waals surface area contributed by atoms with Crippen LogP contribution in [0.4, 0.5) is 48.3 Å². The summed E-state index contributed by atoms with van der Waals surface area (Å²) < 4.78 is 140. The predicted molar refractivity (Wildman–Crippen MR) is 46.7 cm³/mol. The van der Waals surface area contributed by atoms with Crippen LogP contribution in [0.5, 0.6) is 0 Å². The molecule has 0 atom stereocenters. The number of hydrogen-bond acceptors (Lipinski definition) is 2. The van der Waals surface area contributed by atoms with Crippen LogP contribution < -0.4 is 0 Å². The van der Waals surface area contributed by atoms with Gasteiger partial charge < -0.3 is 4.74 Å². The van der Waals surface area contributed by atoms with Crippen LogP contribution in [0, 0.1) is 0 Å². The summed E-state index contributed by atoms with van der Waals surface area (Å²) in [5.41, 5.74) is 0. The molecule has 0 heterocycles. The van der Waals surface area contributed by atoms with Crippen molar-refractivity contribution in [3.63, 3.8) is 0 Å². The van der Waals surface area contributed by atoms with Gasteiger partial charge in [0, 0.05) is 6.08 Å².